The van der Waals surface area contributed by atoms with Crippen molar-refractivity contribution in [2.75, 3.05) is 11.5 Å². The van der Waals surface area contributed by atoms with E-state index in [1.54, 1.807) is 6.08 Å². The Morgan fingerprint density at radius 3 is 1.82 bits per heavy atom. The van der Waals surface area contributed by atoms with Crippen molar-refractivity contribution >= 4 is 23.4 Å². The first kappa shape index (κ1) is 21.9. The van der Waals surface area contributed by atoms with Crippen LogP contribution in [0.15, 0.2) is 109 Å². The van der Waals surface area contributed by atoms with Gasteiger partial charge in [0, 0.05) is 23.4 Å². The molecule has 0 spiro atoms. The predicted molar refractivity (Wildman–Crippen MR) is 135 cm³/mol. The summed E-state index contributed by atoms with van der Waals surface area (Å²) in [6.07, 6.45) is 3.96. The smallest absolute Gasteiger partial charge is 0.336 e. The number of carbonyl (C=O) groups excluding carboxylic acids is 1. The molecule has 4 N–H and O–H groups in total. The van der Waals surface area contributed by atoms with E-state index in [0.29, 0.717) is 5.75 Å². The molecule has 0 aromatic heterocycles. The summed E-state index contributed by atoms with van der Waals surface area (Å²) in [5, 5.41) is 0. The molecule has 0 saturated carbocycles. The second-order valence-electron chi connectivity index (χ2n) is 7.90. The average molecular weight is 435 g/mol. The van der Waals surface area contributed by atoms with Crippen LogP contribution in [-0.4, -0.2) is 5.97 Å². The molecule has 4 heteroatoms. The highest BCUT2D eigenvalue weighted by atomic mass is 16.5. The number of hydrogen-bond acceptors (Lipinski definition) is 4. The molecule has 0 amide bonds. The molecule has 4 rings (SSSR count). The van der Waals surface area contributed by atoms with E-state index in [-0.39, 0.29) is 5.92 Å². The van der Waals surface area contributed by atoms with E-state index in [1.807, 2.05) is 78.9 Å². The number of nitrogen functional groups attached to an aromatic ring is 2. The van der Waals surface area contributed by atoms with Crippen molar-refractivity contribution in [1.29, 1.82) is 0 Å². The number of benzene rings is 4. The topological polar surface area (TPSA) is 78.3 Å². The first-order valence-corrected chi connectivity index (χ1v) is 10.8. The highest BCUT2D eigenvalue weighted by Crippen LogP contribution is 2.30. The zero-order valence-electron chi connectivity index (χ0n) is 18.2. The van der Waals surface area contributed by atoms with Gasteiger partial charge < -0.3 is 16.2 Å². The molecule has 0 saturated heterocycles. The average Bonchev–Trinajstić information content (AvgIpc) is 2.84. The number of hydrogen-bond donors (Lipinski definition) is 2. The van der Waals surface area contributed by atoms with Gasteiger partial charge in [-0.15, -0.1) is 0 Å². The molecule has 0 aliphatic carbocycles. The monoisotopic (exact) mass is 434 g/mol. The van der Waals surface area contributed by atoms with Gasteiger partial charge in [-0.25, -0.2) is 4.79 Å². The molecular weight excluding hydrogens is 408 g/mol. The zero-order valence-corrected chi connectivity index (χ0v) is 18.2. The van der Waals surface area contributed by atoms with Crippen LogP contribution in [0.5, 0.6) is 5.75 Å². The lowest BCUT2D eigenvalue weighted by atomic mass is 9.86. The lowest BCUT2D eigenvalue weighted by Gasteiger charge is -2.19. The Kier molecular flexibility index (Phi) is 6.86. The summed E-state index contributed by atoms with van der Waals surface area (Å²) in [4.78, 5) is 12.1. The largest absolute Gasteiger partial charge is 0.423 e. The van der Waals surface area contributed by atoms with E-state index in [9.17, 15) is 4.79 Å². The zero-order chi connectivity index (χ0) is 23.0. The molecule has 0 aliphatic rings. The molecule has 0 atom stereocenters. The molecule has 33 heavy (non-hydrogen) atoms. The molecular formula is C29H26N2O2. The number of anilines is 2. The summed E-state index contributed by atoms with van der Waals surface area (Å²) in [7, 11) is 0. The van der Waals surface area contributed by atoms with E-state index >= 15 is 0 Å². The second kappa shape index (κ2) is 10.3. The van der Waals surface area contributed by atoms with Crippen LogP contribution in [0.3, 0.4) is 0 Å². The van der Waals surface area contributed by atoms with Gasteiger partial charge in [-0.05, 0) is 71.1 Å². The highest BCUT2D eigenvalue weighted by molar-refractivity contribution is 5.88. The normalized spacial score (nSPS) is 11.1. The minimum Gasteiger partial charge on any atom is -0.423 e. The lowest BCUT2D eigenvalue weighted by Crippen LogP contribution is -2.06. The van der Waals surface area contributed by atoms with Crippen molar-refractivity contribution in [3.63, 3.8) is 0 Å². The predicted octanol–water partition coefficient (Wildman–Crippen LogP) is 5.84. The van der Waals surface area contributed by atoms with Crippen LogP contribution < -0.4 is 16.2 Å². The van der Waals surface area contributed by atoms with Gasteiger partial charge in [0.1, 0.15) is 5.75 Å². The van der Waals surface area contributed by atoms with Crippen molar-refractivity contribution in [2.24, 2.45) is 0 Å². The Hall–Kier alpha value is -4.31. The van der Waals surface area contributed by atoms with Crippen LogP contribution >= 0.6 is 0 Å². The fourth-order valence-corrected chi connectivity index (χ4v) is 3.69. The molecule has 0 fully saturated rings. The Morgan fingerprint density at radius 1 is 0.727 bits per heavy atom. The van der Waals surface area contributed by atoms with E-state index in [2.05, 4.69) is 24.3 Å². The maximum absolute atomic E-state index is 12.1. The third-order valence-electron chi connectivity index (χ3n) is 5.47. The summed E-state index contributed by atoms with van der Waals surface area (Å²) < 4.78 is 5.44. The van der Waals surface area contributed by atoms with Crippen molar-refractivity contribution in [2.45, 2.75) is 12.3 Å². The van der Waals surface area contributed by atoms with Crippen molar-refractivity contribution in [1.82, 2.24) is 0 Å². The molecule has 4 aromatic rings. The fraction of sp³-hybridized carbons (Fsp3) is 0.0690. The lowest BCUT2D eigenvalue weighted by molar-refractivity contribution is -0.128. The first-order chi connectivity index (χ1) is 16.1. The van der Waals surface area contributed by atoms with E-state index in [1.165, 1.54) is 17.2 Å². The molecule has 0 heterocycles. The molecule has 0 unspecified atom stereocenters. The first-order valence-electron chi connectivity index (χ1n) is 10.8. The van der Waals surface area contributed by atoms with Gasteiger partial charge in [-0.3, -0.25) is 0 Å². The maximum atomic E-state index is 12.1. The van der Waals surface area contributed by atoms with E-state index in [4.69, 9.17) is 16.2 Å². The molecule has 4 nitrogen and oxygen atoms in total. The highest BCUT2D eigenvalue weighted by Gasteiger charge is 2.15. The van der Waals surface area contributed by atoms with Crippen LogP contribution in [0.4, 0.5) is 11.4 Å². The van der Waals surface area contributed by atoms with Crippen LogP contribution in [0.1, 0.15) is 28.2 Å². The quantitative estimate of drug-likeness (QED) is 0.166. The van der Waals surface area contributed by atoms with Gasteiger partial charge in [-0.1, -0.05) is 66.7 Å². The van der Waals surface area contributed by atoms with E-state index in [0.717, 1.165) is 28.9 Å². The van der Waals surface area contributed by atoms with Crippen molar-refractivity contribution in [3.8, 4) is 5.75 Å². The number of ether oxygens (including phenoxy) is 1. The van der Waals surface area contributed by atoms with Crippen LogP contribution in [0.2, 0.25) is 0 Å². The number of nitrogens with two attached hydrogens (primary N) is 2. The maximum Gasteiger partial charge on any atom is 0.336 e. The van der Waals surface area contributed by atoms with Gasteiger partial charge in [0.15, 0.2) is 0 Å². The SMILES string of the molecule is Nc1ccc(C(Cc2ccc(OC(=O)/C=C/c3ccccc3)cc2)c2ccc(N)cc2)cc1. The van der Waals surface area contributed by atoms with Crippen molar-refractivity contribution < 1.29 is 9.53 Å². The Balaban J connectivity index is 1.47. The standard InChI is InChI=1S/C29H26N2O2/c30-25-13-9-23(10-14-25)28(24-11-15-26(31)16-12-24)20-22-6-17-27(18-7-22)33-29(32)19-8-21-4-2-1-3-5-21/h1-19,28H,20,30-31H2/b19-8+. The second-order valence-corrected chi connectivity index (χ2v) is 7.90. The Morgan fingerprint density at radius 2 is 1.27 bits per heavy atom. The third-order valence-corrected chi connectivity index (χ3v) is 5.47. The van der Waals surface area contributed by atoms with E-state index < -0.39 is 5.97 Å². The van der Waals surface area contributed by atoms with Crippen LogP contribution in [0, 0.1) is 0 Å². The molecule has 0 aliphatic heterocycles. The summed E-state index contributed by atoms with van der Waals surface area (Å²) >= 11 is 0. The molecule has 0 radical (unpaired) electrons. The summed E-state index contributed by atoms with van der Waals surface area (Å²) in [6, 6.07) is 33.2. The number of carbonyl (C=O) groups is 1. The number of esters is 1. The minimum atomic E-state index is -0.409. The molecule has 4 aromatic carbocycles. The van der Waals surface area contributed by atoms with Crippen LogP contribution in [-0.2, 0) is 11.2 Å². The van der Waals surface area contributed by atoms with Gasteiger partial charge in [-0.2, -0.15) is 0 Å². The number of rotatable bonds is 7. The summed E-state index contributed by atoms with van der Waals surface area (Å²) in [5.41, 5.74) is 17.7. The Bertz CT molecular complexity index is 1170. The Labute approximate surface area is 194 Å². The van der Waals surface area contributed by atoms with Crippen molar-refractivity contribution in [3.05, 3.63) is 131 Å². The minimum absolute atomic E-state index is 0.147. The summed E-state index contributed by atoms with van der Waals surface area (Å²) in [6.45, 7) is 0. The fourth-order valence-electron chi connectivity index (χ4n) is 3.69. The molecule has 164 valence electrons. The van der Waals surface area contributed by atoms with Gasteiger partial charge in [0.25, 0.3) is 0 Å². The van der Waals surface area contributed by atoms with Gasteiger partial charge >= 0.3 is 5.97 Å². The third kappa shape index (κ3) is 6.11. The van der Waals surface area contributed by atoms with Crippen LogP contribution in [0.25, 0.3) is 6.08 Å². The van der Waals surface area contributed by atoms with Gasteiger partial charge in [0.2, 0.25) is 0 Å². The van der Waals surface area contributed by atoms with Gasteiger partial charge in [0.05, 0.1) is 0 Å². The summed E-state index contributed by atoms with van der Waals surface area (Å²) in [5.74, 6) is 0.250. The molecule has 0 bridgehead atoms.